The van der Waals surface area contributed by atoms with Crippen LogP contribution in [-0.4, -0.2) is 5.78 Å². The molecule has 0 saturated heterocycles. The largest absolute Gasteiger partial charge is 0.398 e. The maximum atomic E-state index is 12.2. The van der Waals surface area contributed by atoms with Crippen LogP contribution < -0.4 is 5.73 Å². The van der Waals surface area contributed by atoms with Crippen LogP contribution in [0.15, 0.2) is 42.5 Å². The monoisotopic (exact) mass is 265 g/mol. The van der Waals surface area contributed by atoms with E-state index in [0.717, 1.165) is 0 Å². The second kappa shape index (κ2) is 4.78. The molecule has 0 amide bonds. The van der Waals surface area contributed by atoms with Gasteiger partial charge in [-0.3, -0.25) is 4.79 Å². The standard InChI is InChI=1S/C13H9Cl2NO/c14-8-5-6-10(12(16)7-8)13(17)9-3-1-2-4-11(9)15/h1-7H,16H2. The summed E-state index contributed by atoms with van der Waals surface area (Å²) in [6.45, 7) is 0. The highest BCUT2D eigenvalue weighted by Crippen LogP contribution is 2.24. The lowest BCUT2D eigenvalue weighted by molar-refractivity contribution is 0.103. The smallest absolute Gasteiger partial charge is 0.196 e. The minimum Gasteiger partial charge on any atom is -0.398 e. The molecular weight excluding hydrogens is 257 g/mol. The average Bonchev–Trinajstić information content (AvgIpc) is 2.29. The molecule has 2 nitrogen and oxygen atoms in total. The topological polar surface area (TPSA) is 43.1 Å². The number of nitrogens with two attached hydrogens (primary N) is 1. The molecule has 4 heteroatoms. The highest BCUT2D eigenvalue weighted by molar-refractivity contribution is 6.35. The number of hydrogen-bond acceptors (Lipinski definition) is 2. The number of hydrogen-bond donors (Lipinski definition) is 1. The van der Waals surface area contributed by atoms with Crippen molar-refractivity contribution < 1.29 is 4.79 Å². The van der Waals surface area contributed by atoms with E-state index in [2.05, 4.69) is 0 Å². The van der Waals surface area contributed by atoms with E-state index in [0.29, 0.717) is 26.9 Å². The molecule has 2 aromatic rings. The maximum Gasteiger partial charge on any atom is 0.196 e. The number of ketones is 1. The highest BCUT2D eigenvalue weighted by atomic mass is 35.5. The molecule has 0 spiro atoms. The summed E-state index contributed by atoms with van der Waals surface area (Å²) in [5.41, 5.74) is 6.95. The molecule has 0 aliphatic carbocycles. The molecule has 0 bridgehead atoms. The fourth-order valence-electron chi connectivity index (χ4n) is 1.53. The zero-order chi connectivity index (χ0) is 12.4. The Labute approximate surface area is 109 Å². The first-order valence-corrected chi connectivity index (χ1v) is 5.69. The van der Waals surface area contributed by atoms with Gasteiger partial charge in [-0.15, -0.1) is 0 Å². The summed E-state index contributed by atoms with van der Waals surface area (Å²) in [7, 11) is 0. The number of halogens is 2. The Morgan fingerprint density at radius 3 is 2.35 bits per heavy atom. The van der Waals surface area contributed by atoms with E-state index < -0.39 is 0 Å². The Kier molecular flexibility index (Phi) is 3.36. The van der Waals surface area contributed by atoms with E-state index in [9.17, 15) is 4.79 Å². The first-order valence-electron chi connectivity index (χ1n) is 4.94. The molecule has 0 saturated carbocycles. The van der Waals surface area contributed by atoms with Gasteiger partial charge in [-0.05, 0) is 30.3 Å². The normalized spacial score (nSPS) is 10.2. The molecule has 0 radical (unpaired) electrons. The van der Waals surface area contributed by atoms with Crippen molar-refractivity contribution in [2.75, 3.05) is 5.73 Å². The number of rotatable bonds is 2. The van der Waals surface area contributed by atoms with Crippen molar-refractivity contribution in [2.45, 2.75) is 0 Å². The van der Waals surface area contributed by atoms with Crippen molar-refractivity contribution >= 4 is 34.7 Å². The fraction of sp³-hybridized carbons (Fsp3) is 0. The summed E-state index contributed by atoms with van der Waals surface area (Å²) in [5, 5.41) is 0.907. The quantitative estimate of drug-likeness (QED) is 0.663. The molecule has 2 rings (SSSR count). The first kappa shape index (κ1) is 12.0. The molecule has 2 aromatic carbocycles. The summed E-state index contributed by atoms with van der Waals surface area (Å²) < 4.78 is 0. The third-order valence-corrected chi connectivity index (χ3v) is 2.94. The molecular formula is C13H9Cl2NO. The molecule has 0 fully saturated rings. The van der Waals surface area contributed by atoms with Gasteiger partial charge >= 0.3 is 0 Å². The Morgan fingerprint density at radius 1 is 1.00 bits per heavy atom. The van der Waals surface area contributed by atoms with Crippen LogP contribution in [0.3, 0.4) is 0 Å². The minimum atomic E-state index is -0.204. The second-order valence-corrected chi connectivity index (χ2v) is 4.38. The first-order chi connectivity index (χ1) is 8.09. The lowest BCUT2D eigenvalue weighted by Crippen LogP contribution is -2.05. The van der Waals surface area contributed by atoms with E-state index >= 15 is 0 Å². The lowest BCUT2D eigenvalue weighted by atomic mass is 10.0. The Hall–Kier alpha value is -1.51. The van der Waals surface area contributed by atoms with E-state index in [1.54, 1.807) is 42.5 Å². The van der Waals surface area contributed by atoms with Gasteiger partial charge in [0.15, 0.2) is 5.78 Å². The van der Waals surface area contributed by atoms with Crippen molar-refractivity contribution in [3.05, 3.63) is 63.6 Å². The summed E-state index contributed by atoms with van der Waals surface area (Å²) >= 11 is 11.7. The summed E-state index contributed by atoms with van der Waals surface area (Å²) in [5.74, 6) is -0.204. The van der Waals surface area contributed by atoms with E-state index in [4.69, 9.17) is 28.9 Å². The van der Waals surface area contributed by atoms with Gasteiger partial charge in [0.1, 0.15) is 0 Å². The van der Waals surface area contributed by atoms with Crippen LogP contribution in [0.2, 0.25) is 10.0 Å². The minimum absolute atomic E-state index is 0.204. The zero-order valence-electron chi connectivity index (χ0n) is 8.78. The fourth-order valence-corrected chi connectivity index (χ4v) is 1.93. The van der Waals surface area contributed by atoms with Crippen LogP contribution in [0.5, 0.6) is 0 Å². The van der Waals surface area contributed by atoms with E-state index in [1.807, 2.05) is 0 Å². The molecule has 0 heterocycles. The van der Waals surface area contributed by atoms with Crippen LogP contribution in [0.1, 0.15) is 15.9 Å². The lowest BCUT2D eigenvalue weighted by Gasteiger charge is -2.06. The second-order valence-electron chi connectivity index (χ2n) is 3.54. The van der Waals surface area contributed by atoms with Crippen LogP contribution in [0.25, 0.3) is 0 Å². The van der Waals surface area contributed by atoms with Gasteiger partial charge in [-0.25, -0.2) is 0 Å². The Morgan fingerprint density at radius 2 is 1.71 bits per heavy atom. The van der Waals surface area contributed by atoms with Gasteiger partial charge in [0.25, 0.3) is 0 Å². The number of carbonyl (C=O) groups is 1. The Balaban J connectivity index is 2.48. The number of anilines is 1. The van der Waals surface area contributed by atoms with Crippen molar-refractivity contribution in [3.63, 3.8) is 0 Å². The van der Waals surface area contributed by atoms with Crippen molar-refractivity contribution in [2.24, 2.45) is 0 Å². The third kappa shape index (κ3) is 2.43. The van der Waals surface area contributed by atoms with Crippen molar-refractivity contribution in [3.8, 4) is 0 Å². The molecule has 0 unspecified atom stereocenters. The molecule has 0 aliphatic heterocycles. The van der Waals surface area contributed by atoms with E-state index in [-0.39, 0.29) is 5.78 Å². The third-order valence-electron chi connectivity index (χ3n) is 2.38. The highest BCUT2D eigenvalue weighted by Gasteiger charge is 2.14. The molecule has 86 valence electrons. The average molecular weight is 266 g/mol. The predicted molar refractivity (Wildman–Crippen MR) is 70.7 cm³/mol. The molecule has 0 atom stereocenters. The summed E-state index contributed by atoms with van der Waals surface area (Å²) in [6.07, 6.45) is 0. The number of benzene rings is 2. The van der Waals surface area contributed by atoms with Gasteiger partial charge in [0, 0.05) is 21.8 Å². The van der Waals surface area contributed by atoms with Crippen LogP contribution in [-0.2, 0) is 0 Å². The van der Waals surface area contributed by atoms with Gasteiger partial charge in [-0.1, -0.05) is 35.3 Å². The van der Waals surface area contributed by atoms with Gasteiger partial charge < -0.3 is 5.73 Å². The molecule has 17 heavy (non-hydrogen) atoms. The van der Waals surface area contributed by atoms with E-state index in [1.165, 1.54) is 0 Å². The van der Waals surface area contributed by atoms with Crippen LogP contribution in [0, 0.1) is 0 Å². The molecule has 2 N–H and O–H groups in total. The van der Waals surface area contributed by atoms with Gasteiger partial charge in [0.05, 0.1) is 5.02 Å². The van der Waals surface area contributed by atoms with Crippen molar-refractivity contribution in [1.29, 1.82) is 0 Å². The van der Waals surface area contributed by atoms with Gasteiger partial charge in [0.2, 0.25) is 0 Å². The SMILES string of the molecule is Nc1cc(Cl)ccc1C(=O)c1ccccc1Cl. The predicted octanol–water partition coefficient (Wildman–Crippen LogP) is 3.81. The summed E-state index contributed by atoms with van der Waals surface area (Å²) in [6, 6.07) is 11.6. The molecule has 0 aliphatic rings. The number of carbonyl (C=O) groups excluding carboxylic acids is 1. The maximum absolute atomic E-state index is 12.2. The van der Waals surface area contributed by atoms with Crippen LogP contribution in [0.4, 0.5) is 5.69 Å². The molecule has 0 aromatic heterocycles. The van der Waals surface area contributed by atoms with Crippen molar-refractivity contribution in [1.82, 2.24) is 0 Å². The summed E-state index contributed by atoms with van der Waals surface area (Å²) in [4.78, 5) is 12.2. The van der Waals surface area contributed by atoms with Gasteiger partial charge in [-0.2, -0.15) is 0 Å². The zero-order valence-corrected chi connectivity index (χ0v) is 10.3. The Bertz CT molecular complexity index is 581. The number of nitrogen functional groups attached to an aromatic ring is 1. The van der Waals surface area contributed by atoms with Crippen LogP contribution >= 0.6 is 23.2 Å².